The maximum absolute atomic E-state index is 4.46. The van der Waals surface area contributed by atoms with E-state index in [1.54, 1.807) is 0 Å². The molecular formula is C17H26N4. The van der Waals surface area contributed by atoms with Crippen LogP contribution in [0.2, 0.25) is 0 Å². The second-order valence-corrected chi connectivity index (χ2v) is 6.30. The average molecular weight is 286 g/mol. The summed E-state index contributed by atoms with van der Waals surface area (Å²) in [4.78, 5) is 9.44. The van der Waals surface area contributed by atoms with Gasteiger partial charge in [0.25, 0.3) is 0 Å². The molecule has 1 aromatic heterocycles. The van der Waals surface area contributed by atoms with Crippen LogP contribution in [0.3, 0.4) is 0 Å². The molecule has 2 aromatic rings. The van der Waals surface area contributed by atoms with Crippen molar-refractivity contribution in [2.24, 2.45) is 0 Å². The lowest BCUT2D eigenvalue weighted by molar-refractivity contribution is 0.142. The van der Waals surface area contributed by atoms with Crippen LogP contribution >= 0.6 is 0 Å². The standard InChI is InChI=1S/C17H26N4/c1-19-12-8-15(9-13-19)20(2)10-5-11-21-14-18-16-6-3-4-7-17(16)21/h3-4,6-7,14-15H,5,8-13H2,1-2H3. The van der Waals surface area contributed by atoms with Gasteiger partial charge in [-0.3, -0.25) is 0 Å². The average Bonchev–Trinajstić information content (AvgIpc) is 2.91. The van der Waals surface area contributed by atoms with Crippen molar-refractivity contribution in [1.29, 1.82) is 0 Å². The Bertz CT molecular complexity index is 569. The predicted octanol–water partition coefficient (Wildman–Crippen LogP) is 2.45. The normalized spacial score (nSPS) is 17.9. The summed E-state index contributed by atoms with van der Waals surface area (Å²) in [6.07, 6.45) is 5.77. The van der Waals surface area contributed by atoms with E-state index >= 15 is 0 Å². The molecule has 0 bridgehead atoms. The number of piperidine rings is 1. The zero-order valence-corrected chi connectivity index (χ0v) is 13.2. The molecule has 0 amide bonds. The van der Waals surface area contributed by atoms with E-state index in [0.29, 0.717) is 0 Å². The van der Waals surface area contributed by atoms with Crippen molar-refractivity contribution in [3.05, 3.63) is 30.6 Å². The molecule has 0 saturated carbocycles. The van der Waals surface area contributed by atoms with E-state index in [0.717, 1.165) is 18.1 Å². The van der Waals surface area contributed by atoms with Crippen LogP contribution in [0.15, 0.2) is 30.6 Å². The summed E-state index contributed by atoms with van der Waals surface area (Å²) in [5.74, 6) is 0. The number of nitrogens with zero attached hydrogens (tertiary/aromatic N) is 4. The molecule has 21 heavy (non-hydrogen) atoms. The lowest BCUT2D eigenvalue weighted by Gasteiger charge is -2.35. The molecule has 4 nitrogen and oxygen atoms in total. The number of benzene rings is 1. The zero-order chi connectivity index (χ0) is 14.7. The van der Waals surface area contributed by atoms with Gasteiger partial charge in [-0.15, -0.1) is 0 Å². The van der Waals surface area contributed by atoms with Gasteiger partial charge < -0.3 is 14.4 Å². The lowest BCUT2D eigenvalue weighted by Crippen LogP contribution is -2.42. The molecule has 4 heteroatoms. The van der Waals surface area contributed by atoms with Crippen LogP contribution in [0.25, 0.3) is 11.0 Å². The van der Waals surface area contributed by atoms with Gasteiger partial charge in [-0.2, -0.15) is 0 Å². The summed E-state index contributed by atoms with van der Waals surface area (Å²) in [5, 5.41) is 0. The van der Waals surface area contributed by atoms with Crippen molar-refractivity contribution in [3.8, 4) is 0 Å². The molecule has 0 unspecified atom stereocenters. The van der Waals surface area contributed by atoms with Gasteiger partial charge in [-0.1, -0.05) is 12.1 Å². The second kappa shape index (κ2) is 6.58. The van der Waals surface area contributed by atoms with Crippen molar-refractivity contribution < 1.29 is 0 Å². The SMILES string of the molecule is CN1CCC(N(C)CCCn2cnc3ccccc32)CC1. The molecule has 2 heterocycles. The van der Waals surface area contributed by atoms with E-state index in [1.165, 1.54) is 44.4 Å². The minimum Gasteiger partial charge on any atom is -0.331 e. The Morgan fingerprint density at radius 3 is 2.81 bits per heavy atom. The van der Waals surface area contributed by atoms with E-state index in [1.807, 2.05) is 12.4 Å². The predicted molar refractivity (Wildman–Crippen MR) is 87.5 cm³/mol. The number of aromatic nitrogens is 2. The van der Waals surface area contributed by atoms with Crippen molar-refractivity contribution in [1.82, 2.24) is 19.4 Å². The zero-order valence-electron chi connectivity index (χ0n) is 13.2. The first-order valence-corrected chi connectivity index (χ1v) is 8.02. The molecule has 114 valence electrons. The highest BCUT2D eigenvalue weighted by molar-refractivity contribution is 5.74. The van der Waals surface area contributed by atoms with E-state index in [2.05, 4.69) is 51.6 Å². The third-order valence-electron chi connectivity index (χ3n) is 4.75. The summed E-state index contributed by atoms with van der Waals surface area (Å²) in [7, 11) is 4.50. The Labute approximate surface area is 127 Å². The Morgan fingerprint density at radius 2 is 2.00 bits per heavy atom. The number of hydrogen-bond acceptors (Lipinski definition) is 3. The topological polar surface area (TPSA) is 24.3 Å². The minimum absolute atomic E-state index is 0.765. The van der Waals surface area contributed by atoms with Crippen LogP contribution in [0.4, 0.5) is 0 Å². The molecule has 1 fully saturated rings. The van der Waals surface area contributed by atoms with Crippen LogP contribution in [-0.2, 0) is 6.54 Å². The third-order valence-corrected chi connectivity index (χ3v) is 4.75. The summed E-state index contributed by atoms with van der Waals surface area (Å²) in [6.45, 7) is 4.70. The first-order valence-electron chi connectivity index (χ1n) is 8.02. The van der Waals surface area contributed by atoms with Crippen molar-refractivity contribution >= 4 is 11.0 Å². The molecule has 0 spiro atoms. The first kappa shape index (κ1) is 14.5. The van der Waals surface area contributed by atoms with Gasteiger partial charge in [0.15, 0.2) is 0 Å². The van der Waals surface area contributed by atoms with Crippen LogP contribution in [-0.4, -0.2) is 59.1 Å². The van der Waals surface area contributed by atoms with E-state index < -0.39 is 0 Å². The molecule has 1 aliphatic heterocycles. The van der Waals surface area contributed by atoms with Gasteiger partial charge in [-0.25, -0.2) is 4.98 Å². The van der Waals surface area contributed by atoms with Gasteiger partial charge in [0, 0.05) is 12.6 Å². The minimum atomic E-state index is 0.765. The molecule has 3 rings (SSSR count). The third kappa shape index (κ3) is 3.44. The Morgan fingerprint density at radius 1 is 1.24 bits per heavy atom. The largest absolute Gasteiger partial charge is 0.331 e. The summed E-state index contributed by atoms with van der Waals surface area (Å²) < 4.78 is 2.28. The lowest BCUT2D eigenvalue weighted by atomic mass is 10.0. The maximum Gasteiger partial charge on any atom is 0.0958 e. The van der Waals surface area contributed by atoms with Crippen LogP contribution in [0.5, 0.6) is 0 Å². The molecule has 0 N–H and O–H groups in total. The van der Waals surface area contributed by atoms with E-state index in [-0.39, 0.29) is 0 Å². The Hall–Kier alpha value is -1.39. The summed E-state index contributed by atoms with van der Waals surface area (Å²) in [5.41, 5.74) is 2.35. The number of fused-ring (bicyclic) bond motifs is 1. The molecule has 1 aromatic carbocycles. The summed E-state index contributed by atoms with van der Waals surface area (Å²) in [6, 6.07) is 9.14. The fourth-order valence-corrected chi connectivity index (χ4v) is 3.30. The number of hydrogen-bond donors (Lipinski definition) is 0. The Balaban J connectivity index is 1.49. The van der Waals surface area contributed by atoms with Gasteiger partial charge in [0.2, 0.25) is 0 Å². The van der Waals surface area contributed by atoms with E-state index in [9.17, 15) is 0 Å². The van der Waals surface area contributed by atoms with Gasteiger partial charge in [0.05, 0.1) is 17.4 Å². The van der Waals surface area contributed by atoms with Crippen LogP contribution in [0.1, 0.15) is 19.3 Å². The van der Waals surface area contributed by atoms with Crippen LogP contribution in [0, 0.1) is 0 Å². The molecular weight excluding hydrogens is 260 g/mol. The van der Waals surface area contributed by atoms with Crippen molar-refractivity contribution in [2.75, 3.05) is 33.7 Å². The molecule has 0 radical (unpaired) electrons. The number of rotatable bonds is 5. The molecule has 1 aliphatic rings. The highest BCUT2D eigenvalue weighted by Crippen LogP contribution is 2.15. The van der Waals surface area contributed by atoms with E-state index in [4.69, 9.17) is 0 Å². The fourth-order valence-electron chi connectivity index (χ4n) is 3.30. The van der Waals surface area contributed by atoms with Crippen molar-refractivity contribution in [2.45, 2.75) is 31.8 Å². The molecule has 0 aliphatic carbocycles. The van der Waals surface area contributed by atoms with Gasteiger partial charge in [-0.05, 0) is 65.1 Å². The molecule has 1 saturated heterocycles. The van der Waals surface area contributed by atoms with Crippen LogP contribution < -0.4 is 0 Å². The van der Waals surface area contributed by atoms with Gasteiger partial charge >= 0.3 is 0 Å². The van der Waals surface area contributed by atoms with Gasteiger partial charge in [0.1, 0.15) is 0 Å². The fraction of sp³-hybridized carbons (Fsp3) is 0.588. The molecule has 0 atom stereocenters. The number of likely N-dealkylation sites (tertiary alicyclic amines) is 1. The smallest absolute Gasteiger partial charge is 0.0958 e. The monoisotopic (exact) mass is 286 g/mol. The number of imidazole rings is 1. The maximum atomic E-state index is 4.46. The number of aryl methyl sites for hydroxylation is 1. The highest BCUT2D eigenvalue weighted by atomic mass is 15.2. The van der Waals surface area contributed by atoms with Crippen molar-refractivity contribution in [3.63, 3.8) is 0 Å². The second-order valence-electron chi connectivity index (χ2n) is 6.30. The Kier molecular flexibility index (Phi) is 4.56. The quantitative estimate of drug-likeness (QED) is 0.844. The highest BCUT2D eigenvalue weighted by Gasteiger charge is 2.19. The number of para-hydroxylation sites is 2. The summed E-state index contributed by atoms with van der Waals surface area (Å²) >= 11 is 0. The first-order chi connectivity index (χ1) is 10.2.